The molecule has 130 valence electrons. The third-order valence-corrected chi connectivity index (χ3v) is 8.57. The SMILES string of the molecule is O=S(=O)(c1ccccc1Br)N1CCC[C@H](c2nc3ccccc3s2)C1. The first kappa shape index (κ1) is 17.1. The number of halogens is 1. The van der Waals surface area contributed by atoms with Crippen molar-refractivity contribution in [2.75, 3.05) is 13.1 Å². The molecule has 1 aliphatic heterocycles. The molecule has 25 heavy (non-hydrogen) atoms. The molecular formula is C18H17BrN2O2S2. The number of thiazole rings is 1. The molecule has 0 bridgehead atoms. The molecule has 0 amide bonds. The zero-order chi connectivity index (χ0) is 17.4. The van der Waals surface area contributed by atoms with Crippen molar-refractivity contribution in [1.29, 1.82) is 0 Å². The van der Waals surface area contributed by atoms with Crippen molar-refractivity contribution < 1.29 is 8.42 Å². The summed E-state index contributed by atoms with van der Waals surface area (Å²) in [5.74, 6) is 0.156. The Labute approximate surface area is 159 Å². The highest BCUT2D eigenvalue weighted by Gasteiger charge is 2.33. The van der Waals surface area contributed by atoms with E-state index in [1.807, 2.05) is 24.3 Å². The van der Waals surface area contributed by atoms with Crippen LogP contribution in [0.5, 0.6) is 0 Å². The van der Waals surface area contributed by atoms with Crippen LogP contribution in [0.15, 0.2) is 57.9 Å². The number of nitrogens with zero attached hydrogens (tertiary/aromatic N) is 2. The fourth-order valence-corrected chi connectivity index (χ4v) is 6.80. The van der Waals surface area contributed by atoms with E-state index < -0.39 is 10.0 Å². The van der Waals surface area contributed by atoms with Crippen LogP contribution < -0.4 is 0 Å². The number of aromatic nitrogens is 1. The van der Waals surface area contributed by atoms with E-state index in [9.17, 15) is 8.42 Å². The van der Waals surface area contributed by atoms with Gasteiger partial charge in [0.05, 0.1) is 20.1 Å². The van der Waals surface area contributed by atoms with Gasteiger partial charge in [0.25, 0.3) is 0 Å². The molecule has 0 N–H and O–H groups in total. The zero-order valence-electron chi connectivity index (χ0n) is 13.4. The molecule has 0 spiro atoms. The molecule has 1 aromatic heterocycles. The van der Waals surface area contributed by atoms with Gasteiger partial charge in [-0.1, -0.05) is 24.3 Å². The number of benzene rings is 2. The second kappa shape index (κ2) is 6.79. The number of hydrogen-bond donors (Lipinski definition) is 0. The molecule has 0 saturated carbocycles. The van der Waals surface area contributed by atoms with Gasteiger partial charge in [-0.05, 0) is 53.0 Å². The number of fused-ring (bicyclic) bond motifs is 1. The van der Waals surface area contributed by atoms with E-state index in [0.717, 1.165) is 28.1 Å². The van der Waals surface area contributed by atoms with Gasteiger partial charge < -0.3 is 0 Å². The van der Waals surface area contributed by atoms with Gasteiger partial charge in [0.2, 0.25) is 10.0 Å². The van der Waals surface area contributed by atoms with Crippen LogP contribution in [0.1, 0.15) is 23.8 Å². The summed E-state index contributed by atoms with van der Waals surface area (Å²) in [5, 5.41) is 1.04. The molecule has 2 aromatic carbocycles. The molecule has 2 heterocycles. The van der Waals surface area contributed by atoms with Crippen LogP contribution in [0, 0.1) is 0 Å². The lowest BCUT2D eigenvalue weighted by Gasteiger charge is -2.31. The fraction of sp³-hybridized carbons (Fsp3) is 0.278. The van der Waals surface area contributed by atoms with Crippen molar-refractivity contribution >= 4 is 47.5 Å². The van der Waals surface area contributed by atoms with Crippen molar-refractivity contribution in [3.05, 3.63) is 58.0 Å². The summed E-state index contributed by atoms with van der Waals surface area (Å²) in [4.78, 5) is 5.06. The lowest BCUT2D eigenvalue weighted by molar-refractivity contribution is 0.315. The Morgan fingerprint density at radius 2 is 1.88 bits per heavy atom. The molecule has 1 saturated heterocycles. The van der Waals surface area contributed by atoms with Crippen LogP contribution in [0.25, 0.3) is 10.2 Å². The summed E-state index contributed by atoms with van der Waals surface area (Å²) >= 11 is 5.04. The van der Waals surface area contributed by atoms with Gasteiger partial charge in [-0.2, -0.15) is 4.31 Å². The number of rotatable bonds is 3. The molecule has 0 unspecified atom stereocenters. The minimum Gasteiger partial charge on any atom is -0.241 e. The lowest BCUT2D eigenvalue weighted by atomic mass is 10.0. The molecule has 1 fully saturated rings. The highest BCUT2D eigenvalue weighted by atomic mass is 79.9. The monoisotopic (exact) mass is 436 g/mol. The van der Waals surface area contributed by atoms with Crippen molar-refractivity contribution in [3.8, 4) is 0 Å². The molecule has 0 radical (unpaired) electrons. The maximum atomic E-state index is 13.0. The predicted molar refractivity (Wildman–Crippen MR) is 104 cm³/mol. The maximum absolute atomic E-state index is 13.0. The van der Waals surface area contributed by atoms with Crippen LogP contribution in [0.3, 0.4) is 0 Å². The third-order valence-electron chi connectivity index (χ3n) is 4.50. The Morgan fingerprint density at radius 1 is 1.12 bits per heavy atom. The molecule has 4 rings (SSSR count). The normalized spacial score (nSPS) is 19.3. The van der Waals surface area contributed by atoms with Crippen LogP contribution in [-0.2, 0) is 10.0 Å². The van der Waals surface area contributed by atoms with Crippen molar-refractivity contribution in [2.24, 2.45) is 0 Å². The van der Waals surface area contributed by atoms with Crippen LogP contribution in [-0.4, -0.2) is 30.8 Å². The minimum atomic E-state index is -3.50. The van der Waals surface area contributed by atoms with E-state index in [1.165, 1.54) is 0 Å². The number of hydrogen-bond acceptors (Lipinski definition) is 4. The number of piperidine rings is 1. The van der Waals surface area contributed by atoms with Gasteiger partial charge >= 0.3 is 0 Å². The zero-order valence-corrected chi connectivity index (χ0v) is 16.6. The van der Waals surface area contributed by atoms with Gasteiger partial charge in [-0.15, -0.1) is 11.3 Å². The molecule has 4 nitrogen and oxygen atoms in total. The highest BCUT2D eigenvalue weighted by molar-refractivity contribution is 9.10. The molecule has 0 aliphatic carbocycles. The Balaban J connectivity index is 1.63. The van der Waals surface area contributed by atoms with Crippen molar-refractivity contribution in [1.82, 2.24) is 9.29 Å². The fourth-order valence-electron chi connectivity index (χ4n) is 3.22. The summed E-state index contributed by atoms with van der Waals surface area (Å²) < 4.78 is 29.4. The quantitative estimate of drug-likeness (QED) is 0.601. The average molecular weight is 437 g/mol. The Kier molecular flexibility index (Phi) is 4.66. The Bertz CT molecular complexity index is 984. The summed E-state index contributed by atoms with van der Waals surface area (Å²) in [7, 11) is -3.50. The average Bonchev–Trinajstić information content (AvgIpc) is 3.06. The van der Waals surface area contributed by atoms with E-state index in [2.05, 4.69) is 22.0 Å². The van der Waals surface area contributed by atoms with Crippen LogP contribution >= 0.6 is 27.3 Å². The summed E-state index contributed by atoms with van der Waals surface area (Å²) in [6, 6.07) is 15.1. The van der Waals surface area contributed by atoms with E-state index in [0.29, 0.717) is 22.5 Å². The Morgan fingerprint density at radius 3 is 2.68 bits per heavy atom. The molecular weight excluding hydrogens is 420 g/mol. The number of sulfonamides is 1. The smallest absolute Gasteiger partial charge is 0.241 e. The third kappa shape index (κ3) is 3.26. The highest BCUT2D eigenvalue weighted by Crippen LogP contribution is 2.35. The van der Waals surface area contributed by atoms with Crippen molar-refractivity contribution in [3.63, 3.8) is 0 Å². The van der Waals surface area contributed by atoms with Gasteiger partial charge in [0, 0.05) is 23.5 Å². The second-order valence-corrected chi connectivity index (χ2v) is 9.98. The van der Waals surface area contributed by atoms with Gasteiger partial charge in [0.1, 0.15) is 0 Å². The molecule has 1 atom stereocenters. The van der Waals surface area contributed by atoms with E-state index in [-0.39, 0.29) is 5.92 Å². The molecule has 3 aromatic rings. The first-order valence-corrected chi connectivity index (χ1v) is 11.2. The molecule has 7 heteroatoms. The topological polar surface area (TPSA) is 50.3 Å². The van der Waals surface area contributed by atoms with E-state index in [1.54, 1.807) is 33.8 Å². The second-order valence-electron chi connectivity index (χ2n) is 6.15. The van der Waals surface area contributed by atoms with Gasteiger partial charge in [-0.3, -0.25) is 0 Å². The van der Waals surface area contributed by atoms with Crippen LogP contribution in [0.2, 0.25) is 0 Å². The minimum absolute atomic E-state index is 0.156. The first-order valence-electron chi connectivity index (χ1n) is 8.16. The van der Waals surface area contributed by atoms with Gasteiger partial charge in [-0.25, -0.2) is 13.4 Å². The largest absolute Gasteiger partial charge is 0.244 e. The maximum Gasteiger partial charge on any atom is 0.244 e. The van der Waals surface area contributed by atoms with E-state index in [4.69, 9.17) is 4.98 Å². The molecule has 1 aliphatic rings. The van der Waals surface area contributed by atoms with Crippen LogP contribution in [0.4, 0.5) is 0 Å². The van der Waals surface area contributed by atoms with Gasteiger partial charge in [0.15, 0.2) is 0 Å². The van der Waals surface area contributed by atoms with Crippen molar-refractivity contribution in [2.45, 2.75) is 23.7 Å². The number of para-hydroxylation sites is 1. The summed E-state index contributed by atoms with van der Waals surface area (Å²) in [5.41, 5.74) is 0.994. The predicted octanol–water partition coefficient (Wildman–Crippen LogP) is 4.63. The van der Waals surface area contributed by atoms with E-state index >= 15 is 0 Å². The summed E-state index contributed by atoms with van der Waals surface area (Å²) in [6.45, 7) is 1.05. The first-order chi connectivity index (χ1) is 12.1. The lowest BCUT2D eigenvalue weighted by Crippen LogP contribution is -2.39. The standard InChI is InChI=1S/C18H17BrN2O2S2/c19-14-7-1-4-10-17(14)25(22,23)21-11-5-6-13(12-21)18-20-15-8-2-3-9-16(15)24-18/h1-4,7-10,13H,5-6,11-12H2/t13-/m0/s1. The summed E-state index contributed by atoms with van der Waals surface area (Å²) in [6.07, 6.45) is 1.83. The Hall–Kier alpha value is -1.28.